The molecule has 1 N–H and O–H groups in total. The van der Waals surface area contributed by atoms with Crippen LogP contribution < -0.4 is 10.2 Å². The number of anilines is 1. The minimum absolute atomic E-state index is 0.327. The van der Waals surface area contributed by atoms with E-state index in [2.05, 4.69) is 69.6 Å². The molecule has 1 aliphatic rings. The van der Waals surface area contributed by atoms with Gasteiger partial charge in [0.1, 0.15) is 6.33 Å². The van der Waals surface area contributed by atoms with Gasteiger partial charge in [0.15, 0.2) is 0 Å². The topological polar surface area (TPSA) is 41.0 Å². The number of nitrogens with zero attached hydrogens (tertiary/aromatic N) is 3. The predicted octanol–water partition coefficient (Wildman–Crippen LogP) is 3.56. The van der Waals surface area contributed by atoms with E-state index in [1.807, 2.05) is 12.4 Å². The van der Waals surface area contributed by atoms with Crippen LogP contribution in [-0.4, -0.2) is 29.1 Å². The molecule has 4 rings (SSSR count). The Labute approximate surface area is 142 Å². The van der Waals surface area contributed by atoms with E-state index in [0.29, 0.717) is 12.1 Å². The summed E-state index contributed by atoms with van der Waals surface area (Å²) in [4.78, 5) is 10.6. The second kappa shape index (κ2) is 6.57. The van der Waals surface area contributed by atoms with Crippen molar-refractivity contribution < 1.29 is 0 Å². The Balaban J connectivity index is 1.48. The number of hydrogen-bond donors (Lipinski definition) is 1. The third-order valence-corrected chi connectivity index (χ3v) is 4.88. The lowest BCUT2D eigenvalue weighted by Gasteiger charge is -2.22. The van der Waals surface area contributed by atoms with Crippen LogP contribution in [0.3, 0.4) is 0 Å². The summed E-state index contributed by atoms with van der Waals surface area (Å²) in [6.45, 7) is 4.31. The molecule has 3 aromatic rings. The highest BCUT2D eigenvalue weighted by atomic mass is 15.2. The zero-order chi connectivity index (χ0) is 16.4. The molecule has 1 saturated heterocycles. The molecule has 2 aromatic carbocycles. The summed E-state index contributed by atoms with van der Waals surface area (Å²) < 4.78 is 0. The predicted molar refractivity (Wildman–Crippen MR) is 98.1 cm³/mol. The molecule has 0 spiro atoms. The third-order valence-electron chi connectivity index (χ3n) is 4.88. The smallest absolute Gasteiger partial charge is 0.115 e. The number of rotatable bonds is 4. The number of hydrogen-bond acceptors (Lipinski definition) is 4. The highest BCUT2D eigenvalue weighted by Gasteiger charge is 2.24. The lowest BCUT2D eigenvalue weighted by molar-refractivity contribution is 0.483. The van der Waals surface area contributed by atoms with E-state index >= 15 is 0 Å². The zero-order valence-electron chi connectivity index (χ0n) is 13.9. The van der Waals surface area contributed by atoms with Crippen molar-refractivity contribution in [1.29, 1.82) is 0 Å². The largest absolute Gasteiger partial charge is 0.367 e. The van der Waals surface area contributed by atoms with Crippen LogP contribution in [0.2, 0.25) is 0 Å². The molecule has 4 heteroatoms. The molecule has 0 unspecified atom stereocenters. The first-order valence-electron chi connectivity index (χ1n) is 8.55. The number of fused-ring (bicyclic) bond motifs is 1. The van der Waals surface area contributed by atoms with Gasteiger partial charge >= 0.3 is 0 Å². The van der Waals surface area contributed by atoms with Gasteiger partial charge in [-0.3, -0.25) is 0 Å². The van der Waals surface area contributed by atoms with Crippen LogP contribution in [0.4, 0.5) is 5.69 Å². The molecule has 1 aliphatic heterocycles. The summed E-state index contributed by atoms with van der Waals surface area (Å²) in [5.74, 6) is 0. The average Bonchev–Trinajstić information content (AvgIpc) is 3.10. The van der Waals surface area contributed by atoms with Crippen molar-refractivity contribution in [2.75, 3.05) is 18.0 Å². The van der Waals surface area contributed by atoms with Crippen LogP contribution in [0.5, 0.6) is 0 Å². The van der Waals surface area contributed by atoms with E-state index in [0.717, 1.165) is 25.2 Å². The highest BCUT2D eigenvalue weighted by Crippen LogP contribution is 2.26. The Bertz CT molecular complexity index is 813. The van der Waals surface area contributed by atoms with Gasteiger partial charge < -0.3 is 10.2 Å². The SMILES string of the molecule is C[C@@H](N[C@H]1CCN(c2cncnc2)C1)c1cccc2ccccc12. The highest BCUT2D eigenvalue weighted by molar-refractivity contribution is 5.86. The number of nitrogens with one attached hydrogen (secondary N) is 1. The van der Waals surface area contributed by atoms with Crippen molar-refractivity contribution in [2.24, 2.45) is 0 Å². The van der Waals surface area contributed by atoms with Crippen molar-refractivity contribution in [2.45, 2.75) is 25.4 Å². The summed E-state index contributed by atoms with van der Waals surface area (Å²) in [6.07, 6.45) is 6.51. The quantitative estimate of drug-likeness (QED) is 0.798. The first kappa shape index (κ1) is 15.1. The molecule has 0 amide bonds. The first-order valence-corrected chi connectivity index (χ1v) is 8.55. The Morgan fingerprint density at radius 2 is 1.88 bits per heavy atom. The average molecular weight is 318 g/mol. The van der Waals surface area contributed by atoms with E-state index < -0.39 is 0 Å². The van der Waals surface area contributed by atoms with Crippen LogP contribution in [0, 0.1) is 0 Å². The summed E-state index contributed by atoms with van der Waals surface area (Å²) in [7, 11) is 0. The number of benzene rings is 2. The van der Waals surface area contributed by atoms with Crippen LogP contribution in [0.1, 0.15) is 24.9 Å². The fourth-order valence-corrected chi connectivity index (χ4v) is 3.66. The Hall–Kier alpha value is -2.46. The Kier molecular flexibility index (Phi) is 4.13. The van der Waals surface area contributed by atoms with Gasteiger partial charge in [0, 0.05) is 25.2 Å². The lowest BCUT2D eigenvalue weighted by Crippen LogP contribution is -2.34. The van der Waals surface area contributed by atoms with Crippen LogP contribution in [-0.2, 0) is 0 Å². The molecule has 0 aliphatic carbocycles. The van der Waals surface area contributed by atoms with Crippen LogP contribution in [0.25, 0.3) is 10.8 Å². The summed E-state index contributed by atoms with van der Waals surface area (Å²) >= 11 is 0. The molecule has 0 saturated carbocycles. The van der Waals surface area contributed by atoms with Crippen molar-refractivity contribution in [3.05, 3.63) is 66.7 Å². The normalized spacial score (nSPS) is 18.9. The van der Waals surface area contributed by atoms with Gasteiger partial charge in [-0.1, -0.05) is 42.5 Å². The van der Waals surface area contributed by atoms with Crippen molar-refractivity contribution >= 4 is 16.5 Å². The fraction of sp³-hybridized carbons (Fsp3) is 0.300. The second-order valence-electron chi connectivity index (χ2n) is 6.49. The maximum Gasteiger partial charge on any atom is 0.115 e. The fourth-order valence-electron chi connectivity index (χ4n) is 3.66. The first-order chi connectivity index (χ1) is 11.8. The van der Waals surface area contributed by atoms with Gasteiger partial charge in [0.2, 0.25) is 0 Å². The molecule has 24 heavy (non-hydrogen) atoms. The molecule has 2 heterocycles. The maximum absolute atomic E-state index is 4.12. The van der Waals surface area contributed by atoms with E-state index in [4.69, 9.17) is 0 Å². The van der Waals surface area contributed by atoms with Crippen LogP contribution >= 0.6 is 0 Å². The molecule has 0 bridgehead atoms. The van der Waals surface area contributed by atoms with E-state index in [-0.39, 0.29) is 0 Å². The molecule has 0 radical (unpaired) electrons. The van der Waals surface area contributed by atoms with Crippen molar-refractivity contribution in [1.82, 2.24) is 15.3 Å². The van der Waals surface area contributed by atoms with E-state index in [9.17, 15) is 0 Å². The molecule has 122 valence electrons. The molecule has 1 fully saturated rings. The minimum Gasteiger partial charge on any atom is -0.367 e. The summed E-state index contributed by atoms with van der Waals surface area (Å²) in [6, 6.07) is 16.0. The van der Waals surface area contributed by atoms with Crippen molar-refractivity contribution in [3.8, 4) is 0 Å². The summed E-state index contributed by atoms with van der Waals surface area (Å²) in [5, 5.41) is 6.45. The maximum atomic E-state index is 4.12. The molecule has 4 nitrogen and oxygen atoms in total. The molecule has 2 atom stereocenters. The Morgan fingerprint density at radius 3 is 2.75 bits per heavy atom. The third kappa shape index (κ3) is 2.97. The monoisotopic (exact) mass is 318 g/mol. The zero-order valence-corrected chi connectivity index (χ0v) is 13.9. The second-order valence-corrected chi connectivity index (χ2v) is 6.49. The van der Waals surface area contributed by atoms with Gasteiger partial charge in [0.05, 0.1) is 18.1 Å². The van der Waals surface area contributed by atoms with E-state index in [1.54, 1.807) is 6.33 Å². The number of aromatic nitrogens is 2. The molecular weight excluding hydrogens is 296 g/mol. The van der Waals surface area contributed by atoms with Gasteiger partial charge in [-0.2, -0.15) is 0 Å². The van der Waals surface area contributed by atoms with Crippen LogP contribution in [0.15, 0.2) is 61.2 Å². The molecule has 1 aromatic heterocycles. The van der Waals surface area contributed by atoms with Gasteiger partial charge in [-0.05, 0) is 29.7 Å². The van der Waals surface area contributed by atoms with Gasteiger partial charge in [-0.25, -0.2) is 9.97 Å². The van der Waals surface area contributed by atoms with Gasteiger partial charge in [-0.15, -0.1) is 0 Å². The Morgan fingerprint density at radius 1 is 1.08 bits per heavy atom. The molecular formula is C20H22N4. The standard InChI is InChI=1S/C20H22N4/c1-15(19-8-4-6-16-5-2-3-7-20(16)19)23-17-9-10-24(13-17)18-11-21-14-22-12-18/h2-8,11-12,14-15,17,23H,9-10,13H2,1H3/t15-,17+/m1/s1. The summed E-state index contributed by atoms with van der Waals surface area (Å²) in [5.41, 5.74) is 2.48. The van der Waals surface area contributed by atoms with E-state index in [1.165, 1.54) is 16.3 Å². The van der Waals surface area contributed by atoms with Gasteiger partial charge in [0.25, 0.3) is 0 Å². The minimum atomic E-state index is 0.327. The lowest BCUT2D eigenvalue weighted by atomic mass is 9.99. The van der Waals surface area contributed by atoms with Crippen molar-refractivity contribution in [3.63, 3.8) is 0 Å².